The number of carbonyl (C=O) groups is 2. The van der Waals surface area contributed by atoms with Crippen LogP contribution in [-0.4, -0.2) is 27.0 Å². The fraction of sp³-hybridized carbons (Fsp3) is 0.0476. The normalized spacial score (nSPS) is 10.9. The predicted octanol–water partition coefficient (Wildman–Crippen LogP) is 5.21. The van der Waals surface area contributed by atoms with E-state index in [-0.39, 0.29) is 5.69 Å². The lowest BCUT2D eigenvalue weighted by Gasteiger charge is -2.13. The van der Waals surface area contributed by atoms with E-state index in [9.17, 15) is 9.59 Å². The highest BCUT2D eigenvalue weighted by Crippen LogP contribution is 2.28. The number of halogens is 2. The first kappa shape index (κ1) is 19.3. The fourth-order valence-electron chi connectivity index (χ4n) is 3.14. The molecule has 0 radical (unpaired) electrons. The number of aldehydes is 1. The highest BCUT2D eigenvalue weighted by atomic mass is 79.9. The molecule has 1 N–H and O–H groups in total. The van der Waals surface area contributed by atoms with Crippen molar-refractivity contribution in [1.82, 2.24) is 14.8 Å². The van der Waals surface area contributed by atoms with Gasteiger partial charge in [0.25, 0.3) is 5.91 Å². The summed E-state index contributed by atoms with van der Waals surface area (Å²) >= 11 is 9.67. The van der Waals surface area contributed by atoms with Crippen LogP contribution in [0.15, 0.2) is 59.2 Å². The summed E-state index contributed by atoms with van der Waals surface area (Å²) in [5.41, 5.74) is 2.47. The van der Waals surface area contributed by atoms with E-state index in [1.54, 1.807) is 36.5 Å². The maximum Gasteiger partial charge on any atom is 0.275 e. The van der Waals surface area contributed by atoms with Gasteiger partial charge in [-0.05, 0) is 42.8 Å². The van der Waals surface area contributed by atoms with Crippen LogP contribution in [0.5, 0.6) is 0 Å². The minimum absolute atomic E-state index is 0.278. The van der Waals surface area contributed by atoms with E-state index >= 15 is 0 Å². The molecule has 0 fully saturated rings. The van der Waals surface area contributed by atoms with Gasteiger partial charge >= 0.3 is 0 Å². The predicted molar refractivity (Wildman–Crippen MR) is 116 cm³/mol. The van der Waals surface area contributed by atoms with Crippen LogP contribution in [-0.2, 0) is 0 Å². The number of benzene rings is 2. The molecule has 1 amide bonds. The minimum Gasteiger partial charge on any atom is -0.320 e. The van der Waals surface area contributed by atoms with Gasteiger partial charge in [-0.2, -0.15) is 5.10 Å². The van der Waals surface area contributed by atoms with Crippen molar-refractivity contribution in [3.63, 3.8) is 0 Å². The van der Waals surface area contributed by atoms with Gasteiger partial charge < -0.3 is 5.32 Å². The van der Waals surface area contributed by atoms with Crippen LogP contribution in [0.3, 0.4) is 0 Å². The van der Waals surface area contributed by atoms with Gasteiger partial charge in [-0.25, -0.2) is 9.67 Å². The van der Waals surface area contributed by atoms with Crippen molar-refractivity contribution in [1.29, 1.82) is 0 Å². The number of amides is 1. The number of aryl methyl sites for hydroxylation is 1. The zero-order valence-electron chi connectivity index (χ0n) is 15.2. The molecule has 2 heterocycles. The first-order valence-corrected chi connectivity index (χ1v) is 9.82. The monoisotopic (exact) mass is 468 g/mol. The minimum atomic E-state index is -0.422. The van der Waals surface area contributed by atoms with Gasteiger partial charge in [0, 0.05) is 21.6 Å². The summed E-state index contributed by atoms with van der Waals surface area (Å²) in [6, 6.07) is 14.1. The van der Waals surface area contributed by atoms with Crippen molar-refractivity contribution in [3.8, 4) is 5.82 Å². The molecule has 0 atom stereocenters. The van der Waals surface area contributed by atoms with Crippen molar-refractivity contribution in [3.05, 3.63) is 81.0 Å². The lowest BCUT2D eigenvalue weighted by atomic mass is 10.1. The van der Waals surface area contributed by atoms with Crippen molar-refractivity contribution in [2.24, 2.45) is 0 Å². The maximum atomic E-state index is 13.3. The van der Waals surface area contributed by atoms with Crippen molar-refractivity contribution < 1.29 is 9.59 Å². The Hall–Kier alpha value is -3.03. The van der Waals surface area contributed by atoms with Gasteiger partial charge in [0.1, 0.15) is 5.69 Å². The summed E-state index contributed by atoms with van der Waals surface area (Å²) in [6.45, 7) is 1.82. The molecule has 0 saturated heterocycles. The second-order valence-electron chi connectivity index (χ2n) is 6.35. The molecule has 4 aromatic rings. The quantitative estimate of drug-likeness (QED) is 0.416. The van der Waals surface area contributed by atoms with Crippen LogP contribution in [0, 0.1) is 6.92 Å². The molecule has 0 bridgehead atoms. The zero-order chi connectivity index (χ0) is 20.5. The van der Waals surface area contributed by atoms with E-state index in [0.29, 0.717) is 39.3 Å². The fourth-order valence-corrected chi connectivity index (χ4v) is 3.93. The van der Waals surface area contributed by atoms with Gasteiger partial charge in [-0.15, -0.1) is 0 Å². The summed E-state index contributed by atoms with van der Waals surface area (Å²) in [4.78, 5) is 29.1. The Morgan fingerprint density at radius 2 is 2.00 bits per heavy atom. The average molecular weight is 470 g/mol. The number of nitrogens with one attached hydrogen (secondary N) is 1. The van der Waals surface area contributed by atoms with E-state index in [1.165, 1.54) is 4.68 Å². The van der Waals surface area contributed by atoms with Crippen LogP contribution >= 0.6 is 27.5 Å². The number of fused-ring (bicyclic) bond motifs is 1. The molecule has 2 aromatic heterocycles. The standard InChI is InChI=1S/C21H14BrClN4O2/c1-12-9-14(22)10-13(11-28)18(12)25-21(29)19-15-5-2-3-7-17(15)26-27(19)20-16(23)6-4-8-24-20/h2-11H,1H3,(H,25,29). The van der Waals surface area contributed by atoms with Crippen LogP contribution < -0.4 is 5.32 Å². The topological polar surface area (TPSA) is 76.9 Å². The zero-order valence-corrected chi connectivity index (χ0v) is 17.5. The smallest absolute Gasteiger partial charge is 0.275 e. The summed E-state index contributed by atoms with van der Waals surface area (Å²) < 4.78 is 2.18. The molecule has 8 heteroatoms. The van der Waals surface area contributed by atoms with E-state index in [0.717, 1.165) is 10.0 Å². The van der Waals surface area contributed by atoms with E-state index in [4.69, 9.17) is 11.6 Å². The van der Waals surface area contributed by atoms with Gasteiger partial charge in [-0.1, -0.05) is 45.7 Å². The lowest BCUT2D eigenvalue weighted by Crippen LogP contribution is -2.19. The largest absolute Gasteiger partial charge is 0.320 e. The molecular weight excluding hydrogens is 456 g/mol. The van der Waals surface area contributed by atoms with E-state index in [2.05, 4.69) is 31.3 Å². The molecule has 4 rings (SSSR count). The van der Waals surface area contributed by atoms with Gasteiger partial charge in [0.2, 0.25) is 0 Å². The Morgan fingerprint density at radius 3 is 2.76 bits per heavy atom. The Kier molecular flexibility index (Phi) is 5.17. The SMILES string of the molecule is Cc1cc(Br)cc(C=O)c1NC(=O)c1c2ccccc2nn1-c1ncccc1Cl. The Labute approximate surface area is 179 Å². The van der Waals surface area contributed by atoms with Crippen molar-refractivity contribution >= 4 is 56.3 Å². The first-order valence-electron chi connectivity index (χ1n) is 8.65. The number of nitrogens with zero attached hydrogens (tertiary/aromatic N) is 3. The molecule has 0 aliphatic rings. The number of aromatic nitrogens is 3. The second-order valence-corrected chi connectivity index (χ2v) is 7.67. The molecule has 0 saturated carbocycles. The van der Waals surface area contributed by atoms with Gasteiger partial charge in [0.15, 0.2) is 12.1 Å². The number of pyridine rings is 1. The van der Waals surface area contributed by atoms with Gasteiger partial charge in [-0.3, -0.25) is 9.59 Å². The third-order valence-electron chi connectivity index (χ3n) is 4.43. The first-order chi connectivity index (χ1) is 14.0. The summed E-state index contributed by atoms with van der Waals surface area (Å²) in [6.07, 6.45) is 2.29. The molecule has 0 aliphatic carbocycles. The third-order valence-corrected chi connectivity index (χ3v) is 5.18. The van der Waals surface area contributed by atoms with Crippen molar-refractivity contribution in [2.75, 3.05) is 5.32 Å². The summed E-state index contributed by atoms with van der Waals surface area (Å²) in [7, 11) is 0. The maximum absolute atomic E-state index is 13.3. The van der Waals surface area contributed by atoms with Gasteiger partial charge in [0.05, 0.1) is 16.2 Å². The van der Waals surface area contributed by atoms with Crippen molar-refractivity contribution in [2.45, 2.75) is 6.92 Å². The number of hydrogen-bond donors (Lipinski definition) is 1. The highest BCUT2D eigenvalue weighted by Gasteiger charge is 2.23. The highest BCUT2D eigenvalue weighted by molar-refractivity contribution is 9.10. The Morgan fingerprint density at radius 1 is 1.21 bits per heavy atom. The molecule has 0 unspecified atom stereocenters. The number of anilines is 1. The second kappa shape index (κ2) is 7.77. The number of hydrogen-bond acceptors (Lipinski definition) is 4. The molecule has 144 valence electrons. The van der Waals surface area contributed by atoms with Crippen LogP contribution in [0.1, 0.15) is 26.4 Å². The van der Waals surface area contributed by atoms with Crippen LogP contribution in [0.4, 0.5) is 5.69 Å². The third kappa shape index (κ3) is 3.54. The molecule has 0 aliphatic heterocycles. The molecule has 2 aromatic carbocycles. The molecule has 6 nitrogen and oxygen atoms in total. The van der Waals surface area contributed by atoms with Crippen LogP contribution in [0.25, 0.3) is 16.7 Å². The van der Waals surface area contributed by atoms with E-state index < -0.39 is 5.91 Å². The molecule has 29 heavy (non-hydrogen) atoms. The summed E-state index contributed by atoms with van der Waals surface area (Å²) in [5.74, 6) is -0.0763. The average Bonchev–Trinajstić information content (AvgIpc) is 3.09. The molecular formula is C21H14BrClN4O2. The van der Waals surface area contributed by atoms with Crippen LogP contribution in [0.2, 0.25) is 5.02 Å². The lowest BCUT2D eigenvalue weighted by molar-refractivity contribution is 0.102. The number of rotatable bonds is 4. The Bertz CT molecular complexity index is 1270. The van der Waals surface area contributed by atoms with E-state index in [1.807, 2.05) is 25.1 Å². The molecule has 0 spiro atoms. The summed E-state index contributed by atoms with van der Waals surface area (Å²) in [5, 5.41) is 8.39. The Balaban J connectivity index is 1.88. The number of carbonyl (C=O) groups excluding carboxylic acids is 2.